The number of nitrogens with one attached hydrogen (secondary N) is 1. The maximum absolute atomic E-state index is 11.8. The van der Waals surface area contributed by atoms with Gasteiger partial charge >= 0.3 is 0 Å². The highest BCUT2D eigenvalue weighted by molar-refractivity contribution is 5.92. The van der Waals surface area contributed by atoms with Crippen molar-refractivity contribution in [3.63, 3.8) is 0 Å². The molecule has 2 aromatic carbocycles. The number of carbonyl (C=O) groups is 1. The summed E-state index contributed by atoms with van der Waals surface area (Å²) in [6, 6.07) is 11.4. The Morgan fingerprint density at radius 1 is 1.11 bits per heavy atom. The average Bonchev–Trinajstić information content (AvgIpc) is 2.37. The third-order valence-electron chi connectivity index (χ3n) is 2.78. The topological polar surface area (TPSA) is 69.6 Å². The van der Waals surface area contributed by atoms with Crippen molar-refractivity contribution in [2.24, 2.45) is 0 Å². The summed E-state index contributed by atoms with van der Waals surface area (Å²) in [5, 5.41) is 21.3. The van der Waals surface area contributed by atoms with E-state index in [9.17, 15) is 9.90 Å². The van der Waals surface area contributed by atoms with E-state index in [1.165, 1.54) is 0 Å². The first kappa shape index (κ1) is 13.0. The molecule has 0 aliphatic carbocycles. The van der Waals surface area contributed by atoms with Crippen molar-refractivity contribution in [2.45, 2.75) is 13.3 Å². The summed E-state index contributed by atoms with van der Waals surface area (Å²) in [4.78, 5) is 11.8. The van der Waals surface area contributed by atoms with E-state index in [2.05, 4.69) is 5.32 Å². The minimum Gasteiger partial charge on any atom is -0.508 e. The van der Waals surface area contributed by atoms with E-state index in [0.29, 0.717) is 11.3 Å². The Morgan fingerprint density at radius 3 is 2.42 bits per heavy atom. The molecule has 4 nitrogen and oxygen atoms in total. The molecule has 19 heavy (non-hydrogen) atoms. The van der Waals surface area contributed by atoms with Gasteiger partial charge in [0.1, 0.15) is 11.5 Å². The number of phenols is 2. The minimum absolute atomic E-state index is 0.143. The van der Waals surface area contributed by atoms with Crippen LogP contribution in [-0.4, -0.2) is 16.1 Å². The lowest BCUT2D eigenvalue weighted by atomic mass is 10.1. The summed E-state index contributed by atoms with van der Waals surface area (Å²) in [6.45, 7) is 1.77. The van der Waals surface area contributed by atoms with Gasteiger partial charge in [0.25, 0.3) is 0 Å². The predicted molar refractivity (Wildman–Crippen MR) is 73.3 cm³/mol. The zero-order valence-electron chi connectivity index (χ0n) is 10.6. The maximum atomic E-state index is 11.8. The van der Waals surface area contributed by atoms with Crippen LogP contribution in [0, 0.1) is 6.92 Å². The Kier molecular flexibility index (Phi) is 3.71. The lowest BCUT2D eigenvalue weighted by molar-refractivity contribution is -0.115. The Balaban J connectivity index is 2.01. The first-order valence-electron chi connectivity index (χ1n) is 5.92. The molecule has 0 aliphatic rings. The maximum Gasteiger partial charge on any atom is 0.228 e. The van der Waals surface area contributed by atoms with Gasteiger partial charge in [-0.3, -0.25) is 4.79 Å². The number of phenolic OH excluding ortho intramolecular Hbond substituents is 2. The molecule has 0 fully saturated rings. The number of hydrogen-bond acceptors (Lipinski definition) is 3. The van der Waals surface area contributed by atoms with Crippen molar-refractivity contribution < 1.29 is 15.0 Å². The summed E-state index contributed by atoms with van der Waals surface area (Å²) in [5.41, 5.74) is 2.19. The van der Waals surface area contributed by atoms with E-state index >= 15 is 0 Å². The molecule has 3 N–H and O–H groups in total. The van der Waals surface area contributed by atoms with Gasteiger partial charge in [0.2, 0.25) is 5.91 Å². The van der Waals surface area contributed by atoms with Crippen LogP contribution in [0.4, 0.5) is 5.69 Å². The molecule has 0 saturated heterocycles. The SMILES string of the molecule is Cc1cc(NC(=O)Cc2ccc(O)cc2)ccc1O. The summed E-state index contributed by atoms with van der Waals surface area (Å²) in [6.07, 6.45) is 0.236. The molecule has 98 valence electrons. The molecule has 2 rings (SSSR count). The highest BCUT2D eigenvalue weighted by Gasteiger charge is 2.05. The minimum atomic E-state index is -0.143. The number of amides is 1. The van der Waals surface area contributed by atoms with E-state index in [0.717, 1.165) is 5.56 Å². The third kappa shape index (κ3) is 3.48. The van der Waals surface area contributed by atoms with Gasteiger partial charge in [-0.15, -0.1) is 0 Å². The van der Waals surface area contributed by atoms with Crippen LogP contribution < -0.4 is 5.32 Å². The van der Waals surface area contributed by atoms with Gasteiger partial charge in [0.05, 0.1) is 6.42 Å². The lowest BCUT2D eigenvalue weighted by Crippen LogP contribution is -2.14. The van der Waals surface area contributed by atoms with Gasteiger partial charge in [-0.1, -0.05) is 12.1 Å². The molecule has 2 aromatic rings. The number of hydrogen-bond donors (Lipinski definition) is 3. The van der Waals surface area contributed by atoms with Crippen molar-refractivity contribution in [3.05, 3.63) is 53.6 Å². The van der Waals surface area contributed by atoms with E-state index in [1.54, 1.807) is 49.4 Å². The van der Waals surface area contributed by atoms with Crippen LogP contribution in [-0.2, 0) is 11.2 Å². The molecule has 0 spiro atoms. The third-order valence-corrected chi connectivity index (χ3v) is 2.78. The Hall–Kier alpha value is -2.49. The van der Waals surface area contributed by atoms with Crippen molar-refractivity contribution in [2.75, 3.05) is 5.32 Å². The number of benzene rings is 2. The van der Waals surface area contributed by atoms with Crippen molar-refractivity contribution in [3.8, 4) is 11.5 Å². The molecule has 0 bridgehead atoms. The molecular weight excluding hydrogens is 242 g/mol. The number of rotatable bonds is 3. The van der Waals surface area contributed by atoms with Crippen molar-refractivity contribution in [1.82, 2.24) is 0 Å². The Labute approximate surface area is 111 Å². The van der Waals surface area contributed by atoms with E-state index < -0.39 is 0 Å². The molecule has 0 saturated carbocycles. The molecule has 4 heteroatoms. The molecule has 0 unspecified atom stereocenters. The second kappa shape index (κ2) is 5.44. The fraction of sp³-hybridized carbons (Fsp3) is 0.133. The van der Waals surface area contributed by atoms with Crippen LogP contribution >= 0.6 is 0 Å². The first-order valence-corrected chi connectivity index (χ1v) is 5.92. The standard InChI is InChI=1S/C15H15NO3/c1-10-8-12(4-7-14(10)18)16-15(19)9-11-2-5-13(17)6-3-11/h2-8,17-18H,9H2,1H3,(H,16,19). The van der Waals surface area contributed by atoms with Crippen LogP contribution in [0.3, 0.4) is 0 Å². The zero-order chi connectivity index (χ0) is 13.8. The second-order valence-electron chi connectivity index (χ2n) is 4.39. The fourth-order valence-electron chi connectivity index (χ4n) is 1.74. The predicted octanol–water partition coefficient (Wildman–Crippen LogP) is 2.59. The van der Waals surface area contributed by atoms with Gasteiger partial charge in [-0.05, 0) is 48.4 Å². The lowest BCUT2D eigenvalue weighted by Gasteiger charge is -2.07. The second-order valence-corrected chi connectivity index (χ2v) is 4.39. The van der Waals surface area contributed by atoms with Crippen molar-refractivity contribution in [1.29, 1.82) is 0 Å². The zero-order valence-corrected chi connectivity index (χ0v) is 10.6. The molecule has 0 atom stereocenters. The number of aromatic hydroxyl groups is 2. The highest BCUT2D eigenvalue weighted by atomic mass is 16.3. The normalized spacial score (nSPS) is 10.2. The van der Waals surface area contributed by atoms with Crippen LogP contribution in [0.1, 0.15) is 11.1 Å². The summed E-state index contributed by atoms with van der Waals surface area (Å²) in [7, 11) is 0. The molecule has 0 heterocycles. The largest absolute Gasteiger partial charge is 0.508 e. The number of aryl methyl sites for hydroxylation is 1. The monoisotopic (exact) mass is 257 g/mol. The Morgan fingerprint density at radius 2 is 1.79 bits per heavy atom. The van der Waals surface area contributed by atoms with Gasteiger partial charge in [0, 0.05) is 5.69 Å². The summed E-state index contributed by atoms with van der Waals surface area (Å²) < 4.78 is 0. The van der Waals surface area contributed by atoms with Crippen LogP contribution in [0.15, 0.2) is 42.5 Å². The first-order chi connectivity index (χ1) is 9.04. The van der Waals surface area contributed by atoms with Gasteiger partial charge < -0.3 is 15.5 Å². The quantitative estimate of drug-likeness (QED) is 0.740. The number of anilines is 1. The smallest absolute Gasteiger partial charge is 0.228 e. The van der Waals surface area contributed by atoms with E-state index in [4.69, 9.17) is 5.11 Å². The molecule has 0 aliphatic heterocycles. The van der Waals surface area contributed by atoms with E-state index in [1.807, 2.05) is 0 Å². The summed E-state index contributed by atoms with van der Waals surface area (Å²) in [5.74, 6) is 0.241. The van der Waals surface area contributed by atoms with Crippen LogP contribution in [0.5, 0.6) is 11.5 Å². The number of carbonyl (C=O) groups excluding carboxylic acids is 1. The van der Waals surface area contributed by atoms with Gasteiger partial charge in [-0.2, -0.15) is 0 Å². The van der Waals surface area contributed by atoms with E-state index in [-0.39, 0.29) is 23.8 Å². The summed E-state index contributed by atoms with van der Waals surface area (Å²) >= 11 is 0. The molecule has 1 amide bonds. The van der Waals surface area contributed by atoms with Gasteiger partial charge in [-0.25, -0.2) is 0 Å². The van der Waals surface area contributed by atoms with Gasteiger partial charge in [0.15, 0.2) is 0 Å². The molecule has 0 radical (unpaired) electrons. The highest BCUT2D eigenvalue weighted by Crippen LogP contribution is 2.20. The average molecular weight is 257 g/mol. The fourth-order valence-corrected chi connectivity index (χ4v) is 1.74. The molecular formula is C15H15NO3. The Bertz CT molecular complexity index is 591. The molecule has 0 aromatic heterocycles. The van der Waals surface area contributed by atoms with Crippen LogP contribution in [0.2, 0.25) is 0 Å². The van der Waals surface area contributed by atoms with Crippen molar-refractivity contribution >= 4 is 11.6 Å². The van der Waals surface area contributed by atoms with Crippen LogP contribution in [0.25, 0.3) is 0 Å².